The first-order chi connectivity index (χ1) is 9.63. The first-order valence-corrected chi connectivity index (χ1v) is 6.37. The van der Waals surface area contributed by atoms with Gasteiger partial charge in [0.05, 0.1) is 24.0 Å². The minimum absolute atomic E-state index is 0.439. The Kier molecular flexibility index (Phi) is 3.12. The molecule has 0 aliphatic rings. The van der Waals surface area contributed by atoms with Crippen molar-refractivity contribution in [2.75, 3.05) is 0 Å². The van der Waals surface area contributed by atoms with Gasteiger partial charge in [0.2, 0.25) is 5.91 Å². The molecule has 3 rings (SSSR count). The summed E-state index contributed by atoms with van der Waals surface area (Å²) in [7, 11) is 0. The van der Waals surface area contributed by atoms with Gasteiger partial charge < -0.3 is 5.73 Å². The van der Waals surface area contributed by atoms with Gasteiger partial charge >= 0.3 is 0 Å². The molecule has 3 aromatic rings. The standard InChI is InChI=1S/C14H11ClN4O/c15-11-1-2-13-10(5-11)7-18-19(13)8-12-6-9(14(16)20)3-4-17-12/h1-7H,8H2,(H2,16,20). The van der Waals surface area contributed by atoms with Crippen LogP contribution in [0.2, 0.25) is 5.02 Å². The van der Waals surface area contributed by atoms with Crippen LogP contribution in [0.15, 0.2) is 42.7 Å². The normalized spacial score (nSPS) is 10.8. The van der Waals surface area contributed by atoms with E-state index >= 15 is 0 Å². The predicted octanol–water partition coefficient (Wildman–Crippen LogP) is 2.23. The summed E-state index contributed by atoms with van der Waals surface area (Å²) in [4.78, 5) is 15.4. The Morgan fingerprint density at radius 3 is 2.95 bits per heavy atom. The van der Waals surface area contributed by atoms with Crippen LogP contribution in [-0.4, -0.2) is 20.7 Å². The van der Waals surface area contributed by atoms with Crippen molar-refractivity contribution in [3.63, 3.8) is 0 Å². The number of hydrogen-bond donors (Lipinski definition) is 1. The molecule has 0 aliphatic carbocycles. The quantitative estimate of drug-likeness (QED) is 0.802. The highest BCUT2D eigenvalue weighted by molar-refractivity contribution is 6.31. The third kappa shape index (κ3) is 2.35. The number of halogens is 1. The fourth-order valence-corrected chi connectivity index (χ4v) is 2.24. The number of fused-ring (bicyclic) bond motifs is 1. The monoisotopic (exact) mass is 286 g/mol. The van der Waals surface area contributed by atoms with Crippen molar-refractivity contribution in [1.82, 2.24) is 14.8 Å². The summed E-state index contributed by atoms with van der Waals surface area (Å²) in [6.45, 7) is 0.465. The molecule has 1 aromatic carbocycles. The van der Waals surface area contributed by atoms with Crippen molar-refractivity contribution in [3.05, 3.63) is 59.0 Å². The molecule has 0 saturated carbocycles. The van der Waals surface area contributed by atoms with Crippen LogP contribution in [0.1, 0.15) is 16.1 Å². The summed E-state index contributed by atoms with van der Waals surface area (Å²) >= 11 is 5.94. The summed E-state index contributed by atoms with van der Waals surface area (Å²) in [6, 6.07) is 8.84. The van der Waals surface area contributed by atoms with Crippen molar-refractivity contribution >= 4 is 28.4 Å². The van der Waals surface area contributed by atoms with Crippen molar-refractivity contribution in [1.29, 1.82) is 0 Å². The Morgan fingerprint density at radius 1 is 1.30 bits per heavy atom. The van der Waals surface area contributed by atoms with E-state index in [0.29, 0.717) is 17.1 Å². The fraction of sp³-hybridized carbons (Fsp3) is 0.0714. The molecule has 1 amide bonds. The van der Waals surface area contributed by atoms with Crippen LogP contribution in [0.5, 0.6) is 0 Å². The number of primary amides is 1. The van der Waals surface area contributed by atoms with Gasteiger partial charge in [-0.15, -0.1) is 0 Å². The van der Waals surface area contributed by atoms with Gasteiger partial charge in [0.25, 0.3) is 0 Å². The maximum atomic E-state index is 11.2. The van der Waals surface area contributed by atoms with Gasteiger partial charge in [0.1, 0.15) is 0 Å². The predicted molar refractivity (Wildman–Crippen MR) is 76.6 cm³/mol. The molecule has 100 valence electrons. The Labute approximate surface area is 120 Å². The molecule has 0 fully saturated rings. The lowest BCUT2D eigenvalue weighted by molar-refractivity contribution is 0.1000. The molecule has 20 heavy (non-hydrogen) atoms. The Bertz CT molecular complexity index is 797. The number of amides is 1. The molecule has 0 aliphatic heterocycles. The van der Waals surface area contributed by atoms with Crippen LogP contribution in [0.4, 0.5) is 0 Å². The van der Waals surface area contributed by atoms with Crippen LogP contribution < -0.4 is 5.73 Å². The number of carbonyl (C=O) groups excluding carboxylic acids is 1. The van der Waals surface area contributed by atoms with Gasteiger partial charge in [-0.05, 0) is 30.3 Å². The van der Waals surface area contributed by atoms with Gasteiger partial charge in [0.15, 0.2) is 0 Å². The topological polar surface area (TPSA) is 73.8 Å². The molecule has 2 heterocycles. The first kappa shape index (κ1) is 12.6. The minimum atomic E-state index is -0.467. The third-order valence-corrected chi connectivity index (χ3v) is 3.25. The van der Waals surface area contributed by atoms with E-state index in [1.807, 2.05) is 18.2 Å². The zero-order valence-corrected chi connectivity index (χ0v) is 11.2. The first-order valence-electron chi connectivity index (χ1n) is 5.99. The summed E-state index contributed by atoms with van der Waals surface area (Å²) in [6.07, 6.45) is 3.32. The molecule has 0 radical (unpaired) electrons. The largest absolute Gasteiger partial charge is 0.366 e. The van der Waals surface area contributed by atoms with E-state index < -0.39 is 5.91 Å². The van der Waals surface area contributed by atoms with E-state index in [1.165, 1.54) is 0 Å². The van der Waals surface area contributed by atoms with Gasteiger partial charge in [-0.3, -0.25) is 14.5 Å². The average Bonchev–Trinajstić information content (AvgIpc) is 2.81. The fourth-order valence-electron chi connectivity index (χ4n) is 2.06. The number of aromatic nitrogens is 3. The van der Waals surface area contributed by atoms with Gasteiger partial charge in [-0.1, -0.05) is 11.6 Å². The summed E-state index contributed by atoms with van der Waals surface area (Å²) < 4.78 is 1.80. The van der Waals surface area contributed by atoms with Gasteiger partial charge in [-0.25, -0.2) is 0 Å². The van der Waals surface area contributed by atoms with Crippen LogP contribution in [-0.2, 0) is 6.54 Å². The van der Waals surface area contributed by atoms with E-state index in [9.17, 15) is 4.79 Å². The minimum Gasteiger partial charge on any atom is -0.366 e. The second-order valence-electron chi connectivity index (χ2n) is 4.41. The smallest absolute Gasteiger partial charge is 0.248 e. The van der Waals surface area contributed by atoms with Crippen LogP contribution in [0.25, 0.3) is 10.9 Å². The Hall–Kier alpha value is -2.40. The lowest BCUT2D eigenvalue weighted by Crippen LogP contribution is -2.12. The van der Waals surface area contributed by atoms with Crippen molar-refractivity contribution in [2.24, 2.45) is 5.73 Å². The number of nitrogens with zero attached hydrogens (tertiary/aromatic N) is 3. The molecule has 2 N–H and O–H groups in total. The number of pyridine rings is 1. The van der Waals surface area contributed by atoms with Crippen molar-refractivity contribution in [3.8, 4) is 0 Å². The Morgan fingerprint density at radius 2 is 2.15 bits per heavy atom. The third-order valence-electron chi connectivity index (χ3n) is 3.02. The summed E-state index contributed by atoms with van der Waals surface area (Å²) in [5.41, 5.74) is 7.38. The summed E-state index contributed by atoms with van der Waals surface area (Å²) in [5, 5.41) is 5.94. The zero-order valence-electron chi connectivity index (χ0n) is 10.5. The number of carbonyl (C=O) groups is 1. The highest BCUT2D eigenvalue weighted by Crippen LogP contribution is 2.19. The number of rotatable bonds is 3. The van der Waals surface area contributed by atoms with E-state index in [0.717, 1.165) is 16.6 Å². The van der Waals surface area contributed by atoms with E-state index in [-0.39, 0.29) is 0 Å². The number of benzene rings is 1. The van der Waals surface area contributed by atoms with Crippen LogP contribution in [0, 0.1) is 0 Å². The molecule has 2 aromatic heterocycles. The molecular formula is C14H11ClN4O. The van der Waals surface area contributed by atoms with Crippen molar-refractivity contribution in [2.45, 2.75) is 6.54 Å². The molecule has 0 saturated heterocycles. The lowest BCUT2D eigenvalue weighted by atomic mass is 10.2. The molecule has 0 bridgehead atoms. The SMILES string of the molecule is NC(=O)c1ccnc(Cn2ncc3cc(Cl)ccc32)c1. The van der Waals surface area contributed by atoms with Crippen molar-refractivity contribution < 1.29 is 4.79 Å². The Balaban J connectivity index is 1.97. The maximum Gasteiger partial charge on any atom is 0.248 e. The van der Waals surface area contributed by atoms with Crippen LogP contribution >= 0.6 is 11.6 Å². The van der Waals surface area contributed by atoms with E-state index in [4.69, 9.17) is 17.3 Å². The maximum absolute atomic E-state index is 11.2. The molecule has 0 atom stereocenters. The molecule has 0 spiro atoms. The zero-order chi connectivity index (χ0) is 14.1. The van der Waals surface area contributed by atoms with Crippen LogP contribution in [0.3, 0.4) is 0 Å². The van der Waals surface area contributed by atoms with E-state index in [1.54, 1.807) is 29.2 Å². The molecule has 6 heteroatoms. The highest BCUT2D eigenvalue weighted by atomic mass is 35.5. The molecule has 5 nitrogen and oxygen atoms in total. The highest BCUT2D eigenvalue weighted by Gasteiger charge is 2.07. The second kappa shape index (κ2) is 4.94. The lowest BCUT2D eigenvalue weighted by Gasteiger charge is -2.04. The second-order valence-corrected chi connectivity index (χ2v) is 4.84. The summed E-state index contributed by atoms with van der Waals surface area (Å²) in [5.74, 6) is -0.467. The van der Waals surface area contributed by atoms with Gasteiger partial charge in [-0.2, -0.15) is 5.10 Å². The van der Waals surface area contributed by atoms with E-state index in [2.05, 4.69) is 10.1 Å². The average molecular weight is 287 g/mol. The number of nitrogens with two attached hydrogens (primary N) is 1. The molecule has 0 unspecified atom stereocenters. The molecular weight excluding hydrogens is 276 g/mol. The number of hydrogen-bond acceptors (Lipinski definition) is 3. The van der Waals surface area contributed by atoms with Gasteiger partial charge in [0, 0.05) is 22.2 Å².